The Hall–Kier alpha value is -1.12. The number of hydrogen-bond donors (Lipinski definition) is 1. The van der Waals surface area contributed by atoms with Crippen molar-refractivity contribution in [2.75, 3.05) is 46.0 Å². The quantitative estimate of drug-likeness (QED) is 0.531. The van der Waals surface area contributed by atoms with Crippen molar-refractivity contribution >= 4 is 6.08 Å². The number of rotatable bonds is 4. The first-order valence-corrected chi connectivity index (χ1v) is 7.06. The Bertz CT molecular complexity index is 485. The van der Waals surface area contributed by atoms with Gasteiger partial charge in [0.05, 0.1) is 19.8 Å². The summed E-state index contributed by atoms with van der Waals surface area (Å²) >= 11 is 0. The van der Waals surface area contributed by atoms with E-state index in [9.17, 15) is 0 Å². The van der Waals surface area contributed by atoms with Gasteiger partial charge < -0.3 is 31.3 Å². The largest absolute Gasteiger partial charge is 1.00 e. The van der Waals surface area contributed by atoms with Crippen molar-refractivity contribution in [3.05, 3.63) is 42.0 Å². The second-order valence-electron chi connectivity index (χ2n) is 5.07. The highest BCUT2D eigenvalue weighted by atomic mass is 79.9. The highest BCUT2D eigenvalue weighted by molar-refractivity contribution is 5.48. The van der Waals surface area contributed by atoms with Crippen molar-refractivity contribution in [1.29, 1.82) is 0 Å². The molecule has 2 rings (SSSR count). The first kappa shape index (κ1) is 17.9. The lowest BCUT2D eigenvalue weighted by molar-refractivity contribution is -0.923. The van der Waals surface area contributed by atoms with Crippen LogP contribution in [0.3, 0.4) is 0 Å². The van der Waals surface area contributed by atoms with Gasteiger partial charge in [0.25, 0.3) is 0 Å². The van der Waals surface area contributed by atoms with Gasteiger partial charge in [-0.15, -0.1) is 0 Å². The van der Waals surface area contributed by atoms with Crippen LogP contribution in [0.25, 0.3) is 6.08 Å². The molecule has 0 unspecified atom stereocenters. The van der Waals surface area contributed by atoms with E-state index in [1.165, 1.54) is 5.56 Å². The van der Waals surface area contributed by atoms with Crippen molar-refractivity contribution in [2.45, 2.75) is 0 Å². The van der Waals surface area contributed by atoms with Gasteiger partial charge in [0.1, 0.15) is 26.2 Å². The van der Waals surface area contributed by atoms with Crippen LogP contribution in [0.1, 0.15) is 5.56 Å². The number of hydrogen-bond acceptors (Lipinski definition) is 2. The summed E-state index contributed by atoms with van der Waals surface area (Å²) in [5, 5.41) is 8.79. The third-order valence-corrected chi connectivity index (χ3v) is 3.64. The van der Waals surface area contributed by atoms with Gasteiger partial charge in [0.2, 0.25) is 0 Å². The van der Waals surface area contributed by atoms with Gasteiger partial charge in [-0.25, -0.2) is 0 Å². The fourth-order valence-corrected chi connectivity index (χ4v) is 2.39. The maximum absolute atomic E-state index is 8.79. The highest BCUT2D eigenvalue weighted by Crippen LogP contribution is 2.12. The van der Waals surface area contributed by atoms with Gasteiger partial charge in [0, 0.05) is 0 Å². The van der Waals surface area contributed by atoms with Crippen molar-refractivity contribution in [3.63, 3.8) is 0 Å². The molecule has 21 heavy (non-hydrogen) atoms. The van der Waals surface area contributed by atoms with Gasteiger partial charge in [-0.05, 0) is 17.6 Å². The van der Waals surface area contributed by atoms with E-state index in [2.05, 4.69) is 36.1 Å². The summed E-state index contributed by atoms with van der Waals surface area (Å²) in [6.45, 7) is 5.23. The molecule has 0 bridgehead atoms. The first-order valence-electron chi connectivity index (χ1n) is 7.06. The second kappa shape index (κ2) is 9.75. The number of ether oxygens (including phenoxy) is 1. The van der Waals surface area contributed by atoms with E-state index in [0.29, 0.717) is 0 Å². The molecule has 114 valence electrons. The third-order valence-electron chi connectivity index (χ3n) is 3.64. The van der Waals surface area contributed by atoms with Crippen LogP contribution in [0.2, 0.25) is 0 Å². The molecule has 1 aliphatic heterocycles. The number of aliphatic hydroxyl groups excluding tert-OH is 1. The molecule has 1 saturated heterocycles. The zero-order valence-electron chi connectivity index (χ0n) is 12.2. The average molecular weight is 352 g/mol. The second-order valence-corrected chi connectivity index (χ2v) is 5.07. The molecule has 0 amide bonds. The minimum atomic E-state index is -0.0592. The molecule has 0 aliphatic carbocycles. The Morgan fingerprint density at radius 3 is 2.52 bits per heavy atom. The molecule has 1 heterocycles. The maximum Gasteiger partial charge on any atom is 0.141 e. The molecular weight excluding hydrogens is 330 g/mol. The summed E-state index contributed by atoms with van der Waals surface area (Å²) in [5.74, 6) is 5.83. The molecule has 4 heteroatoms. The molecule has 0 radical (unpaired) electrons. The fraction of sp³-hybridized carbons (Fsp3) is 0.412. The molecule has 0 spiro atoms. The van der Waals surface area contributed by atoms with Crippen LogP contribution in [0.5, 0.6) is 0 Å². The standard InChI is InChI=1S/C17H22NO2.BrH/c19-14-5-4-10-18(12-15-20-16-13-18)11-6-9-17-7-2-1-3-8-17;/h1-3,6-9,19H,10-16H2;1H/q+1;/p-1. The third kappa shape index (κ3) is 6.03. The normalized spacial score (nSPS) is 16.8. The SMILES string of the molecule is OCC#CC[N+]1(CC=Cc2ccccc2)CCOCC1.[Br-]. The lowest BCUT2D eigenvalue weighted by Crippen LogP contribution is -3.00. The number of morpholine rings is 1. The molecule has 1 fully saturated rings. The van der Waals surface area contributed by atoms with Gasteiger partial charge in [-0.2, -0.15) is 0 Å². The molecule has 1 N–H and O–H groups in total. The highest BCUT2D eigenvalue weighted by Gasteiger charge is 2.28. The van der Waals surface area contributed by atoms with Crippen LogP contribution in [0, 0.1) is 11.8 Å². The molecule has 0 saturated carbocycles. The van der Waals surface area contributed by atoms with Crippen LogP contribution in [-0.4, -0.2) is 55.6 Å². The van der Waals surface area contributed by atoms with E-state index >= 15 is 0 Å². The summed E-state index contributed by atoms with van der Waals surface area (Å²) in [7, 11) is 0. The molecule has 1 aromatic carbocycles. The van der Waals surface area contributed by atoms with E-state index in [1.54, 1.807) is 0 Å². The summed E-state index contributed by atoms with van der Waals surface area (Å²) in [5.41, 5.74) is 1.22. The average Bonchev–Trinajstić information content (AvgIpc) is 2.50. The van der Waals surface area contributed by atoms with Gasteiger partial charge in [-0.3, -0.25) is 0 Å². The lowest BCUT2D eigenvalue weighted by atomic mass is 10.2. The van der Waals surface area contributed by atoms with E-state index in [0.717, 1.165) is 43.9 Å². The smallest absolute Gasteiger partial charge is 0.141 e. The fourth-order valence-electron chi connectivity index (χ4n) is 2.39. The van der Waals surface area contributed by atoms with Crippen LogP contribution in [-0.2, 0) is 4.74 Å². The topological polar surface area (TPSA) is 29.5 Å². The predicted octanol–water partition coefficient (Wildman–Crippen LogP) is -1.45. The zero-order chi connectivity index (χ0) is 14.1. The minimum absolute atomic E-state index is 0. The Labute approximate surface area is 137 Å². The lowest BCUT2D eigenvalue weighted by Gasteiger charge is -2.39. The number of aliphatic hydroxyl groups is 1. The molecule has 1 aromatic rings. The van der Waals surface area contributed by atoms with Crippen molar-refractivity contribution in [3.8, 4) is 11.8 Å². The molecule has 3 nitrogen and oxygen atoms in total. The molecule has 0 aromatic heterocycles. The monoisotopic (exact) mass is 351 g/mol. The Morgan fingerprint density at radius 2 is 1.86 bits per heavy atom. The number of nitrogens with zero attached hydrogens (tertiary/aromatic N) is 1. The molecule has 0 atom stereocenters. The van der Waals surface area contributed by atoms with Crippen LogP contribution in [0.15, 0.2) is 36.4 Å². The van der Waals surface area contributed by atoms with Crippen molar-refractivity contribution in [2.24, 2.45) is 0 Å². The predicted molar refractivity (Wildman–Crippen MR) is 80.9 cm³/mol. The van der Waals surface area contributed by atoms with Crippen LogP contribution in [0.4, 0.5) is 0 Å². The van der Waals surface area contributed by atoms with E-state index < -0.39 is 0 Å². The number of benzene rings is 1. The van der Waals surface area contributed by atoms with Crippen LogP contribution >= 0.6 is 0 Å². The summed E-state index contributed by atoms with van der Waals surface area (Å²) in [6, 6.07) is 10.3. The number of halogens is 1. The molecular formula is C17H22BrNO2. The Kier molecular flexibility index (Phi) is 8.33. The Balaban J connectivity index is 0.00000220. The zero-order valence-corrected chi connectivity index (χ0v) is 13.8. The van der Waals surface area contributed by atoms with Crippen molar-refractivity contribution in [1.82, 2.24) is 0 Å². The molecule has 1 aliphatic rings. The minimum Gasteiger partial charge on any atom is -1.00 e. The van der Waals surface area contributed by atoms with Crippen molar-refractivity contribution < 1.29 is 31.3 Å². The first-order chi connectivity index (χ1) is 9.85. The maximum atomic E-state index is 8.79. The van der Waals surface area contributed by atoms with Gasteiger partial charge >= 0.3 is 0 Å². The Morgan fingerprint density at radius 1 is 1.14 bits per heavy atom. The van der Waals surface area contributed by atoms with E-state index in [4.69, 9.17) is 9.84 Å². The summed E-state index contributed by atoms with van der Waals surface area (Å²) < 4.78 is 6.39. The van der Waals surface area contributed by atoms with E-state index in [1.807, 2.05) is 18.2 Å². The number of quaternary nitrogens is 1. The summed E-state index contributed by atoms with van der Waals surface area (Å²) in [4.78, 5) is 0. The van der Waals surface area contributed by atoms with E-state index in [-0.39, 0.29) is 23.6 Å². The van der Waals surface area contributed by atoms with Gasteiger partial charge in [0.15, 0.2) is 0 Å². The van der Waals surface area contributed by atoms with Crippen LogP contribution < -0.4 is 17.0 Å². The summed E-state index contributed by atoms with van der Waals surface area (Å²) in [6.07, 6.45) is 4.39. The van der Waals surface area contributed by atoms with Gasteiger partial charge in [-0.1, -0.05) is 42.3 Å².